The Morgan fingerprint density at radius 1 is 1.24 bits per heavy atom. The zero-order valence-corrected chi connectivity index (χ0v) is 22.1. The van der Waals surface area contributed by atoms with Gasteiger partial charge in [0.15, 0.2) is 11.5 Å². The molecule has 1 aromatic heterocycles. The van der Waals surface area contributed by atoms with Crippen LogP contribution in [-0.2, 0) is 22.4 Å². The Hall–Kier alpha value is -3.79. The molecule has 3 amide bonds. The molecule has 1 fully saturated rings. The second-order valence-electron chi connectivity index (χ2n) is 9.22. The summed E-state index contributed by atoms with van der Waals surface area (Å²) in [6.07, 6.45) is 5.83. The number of carbonyl (C=O) groups excluding carboxylic acids is 3. The van der Waals surface area contributed by atoms with Crippen LogP contribution in [0.1, 0.15) is 47.7 Å². The summed E-state index contributed by atoms with van der Waals surface area (Å²) in [5, 5.41) is 6.05. The SMILES string of the molecule is CCc1nc(C(N)=O)c(Nc2cccc(CCNC(=O)[C@H](C)N(C)C(=O)/C=C/CN3CCC3)c2)nc1C. The van der Waals surface area contributed by atoms with Gasteiger partial charge in [-0.1, -0.05) is 25.1 Å². The molecule has 0 saturated carbocycles. The van der Waals surface area contributed by atoms with Crippen LogP contribution in [-0.4, -0.2) is 76.8 Å². The summed E-state index contributed by atoms with van der Waals surface area (Å²) in [4.78, 5) is 49.4. The number of benzene rings is 1. The molecule has 1 saturated heterocycles. The van der Waals surface area contributed by atoms with Crippen molar-refractivity contribution in [1.29, 1.82) is 0 Å². The first-order chi connectivity index (χ1) is 17.7. The number of hydrogen-bond acceptors (Lipinski definition) is 7. The topological polar surface area (TPSA) is 134 Å². The highest BCUT2D eigenvalue weighted by Crippen LogP contribution is 2.20. The Balaban J connectivity index is 1.53. The molecule has 0 radical (unpaired) electrons. The minimum absolute atomic E-state index is 0.100. The minimum atomic E-state index is -0.646. The molecule has 1 aliphatic heterocycles. The quantitative estimate of drug-likeness (QED) is 0.374. The molecule has 198 valence electrons. The van der Waals surface area contributed by atoms with E-state index >= 15 is 0 Å². The van der Waals surface area contributed by atoms with Gasteiger partial charge in [-0.05, 0) is 63.9 Å². The number of amides is 3. The fourth-order valence-electron chi connectivity index (χ4n) is 3.92. The number of primary amides is 1. The van der Waals surface area contributed by atoms with Gasteiger partial charge in [-0.2, -0.15) is 0 Å². The Bertz CT molecular complexity index is 1160. The first-order valence-corrected chi connectivity index (χ1v) is 12.7. The van der Waals surface area contributed by atoms with Gasteiger partial charge >= 0.3 is 0 Å². The van der Waals surface area contributed by atoms with Crippen LogP contribution in [0.25, 0.3) is 0 Å². The van der Waals surface area contributed by atoms with Crippen molar-refractivity contribution in [2.45, 2.75) is 46.1 Å². The third kappa shape index (κ3) is 7.60. The lowest BCUT2D eigenvalue weighted by atomic mass is 10.1. The number of likely N-dealkylation sites (tertiary alicyclic amines) is 1. The smallest absolute Gasteiger partial charge is 0.271 e. The average Bonchev–Trinajstić information content (AvgIpc) is 2.84. The van der Waals surface area contributed by atoms with Crippen LogP contribution in [0.3, 0.4) is 0 Å². The summed E-state index contributed by atoms with van der Waals surface area (Å²) in [5.41, 5.74) is 8.79. The number of nitrogens with zero attached hydrogens (tertiary/aromatic N) is 4. The van der Waals surface area contributed by atoms with Crippen molar-refractivity contribution in [3.63, 3.8) is 0 Å². The number of likely N-dealkylation sites (N-methyl/N-ethyl adjacent to an activating group) is 1. The molecule has 1 aliphatic rings. The van der Waals surface area contributed by atoms with Crippen LogP contribution < -0.4 is 16.4 Å². The standard InChI is InChI=1S/C27H37N7O3/c1-5-22-18(2)30-26(24(32-22)25(28)36)31-21-10-6-9-20(17-21)12-13-29-27(37)19(3)33(4)23(35)11-7-14-34-15-8-16-34/h6-7,9-11,17,19H,5,8,12-16H2,1-4H3,(H2,28,36)(H,29,37)(H,30,31)/b11-7+/t19-/m0/s1. The van der Waals surface area contributed by atoms with Crippen molar-refractivity contribution in [2.75, 3.05) is 38.5 Å². The molecule has 0 spiro atoms. The summed E-state index contributed by atoms with van der Waals surface area (Å²) >= 11 is 0. The van der Waals surface area contributed by atoms with Crippen LogP contribution in [0.4, 0.5) is 11.5 Å². The largest absolute Gasteiger partial charge is 0.364 e. The summed E-state index contributed by atoms with van der Waals surface area (Å²) < 4.78 is 0. The molecule has 1 aromatic carbocycles. The molecular weight excluding hydrogens is 470 g/mol. The van der Waals surface area contributed by atoms with Gasteiger partial charge in [0.25, 0.3) is 5.91 Å². The summed E-state index contributed by atoms with van der Waals surface area (Å²) in [6.45, 7) is 8.81. The molecule has 0 bridgehead atoms. The summed E-state index contributed by atoms with van der Waals surface area (Å²) in [7, 11) is 1.63. The summed E-state index contributed by atoms with van der Waals surface area (Å²) in [6, 6.07) is 7.02. The Kier molecular flexibility index (Phi) is 9.73. The second kappa shape index (κ2) is 13.0. The van der Waals surface area contributed by atoms with Crippen LogP contribution in [0.2, 0.25) is 0 Å². The van der Waals surface area contributed by atoms with E-state index in [4.69, 9.17) is 5.73 Å². The molecule has 10 heteroatoms. The first-order valence-electron chi connectivity index (χ1n) is 12.7. The van der Waals surface area contributed by atoms with E-state index in [0.29, 0.717) is 25.2 Å². The number of carbonyl (C=O) groups is 3. The molecular formula is C27H37N7O3. The molecule has 2 aromatic rings. The maximum absolute atomic E-state index is 12.6. The van der Waals surface area contributed by atoms with Crippen LogP contribution in [0, 0.1) is 6.92 Å². The number of rotatable bonds is 12. The molecule has 0 aliphatic carbocycles. The fourth-order valence-corrected chi connectivity index (χ4v) is 3.92. The van der Waals surface area contributed by atoms with Gasteiger partial charge in [0, 0.05) is 31.9 Å². The lowest BCUT2D eigenvalue weighted by molar-refractivity contribution is -0.135. The molecule has 3 rings (SSSR count). The third-order valence-electron chi connectivity index (χ3n) is 6.52. The van der Waals surface area contributed by atoms with Gasteiger partial charge in [0.1, 0.15) is 6.04 Å². The summed E-state index contributed by atoms with van der Waals surface area (Å²) in [5.74, 6) is -0.738. The van der Waals surface area contributed by atoms with Gasteiger partial charge < -0.3 is 21.3 Å². The highest BCUT2D eigenvalue weighted by Gasteiger charge is 2.21. The van der Waals surface area contributed by atoms with Gasteiger partial charge in [-0.25, -0.2) is 9.97 Å². The van der Waals surface area contributed by atoms with Crippen molar-refractivity contribution >= 4 is 29.2 Å². The van der Waals surface area contributed by atoms with Crippen LogP contribution in [0.5, 0.6) is 0 Å². The predicted molar refractivity (Wildman–Crippen MR) is 144 cm³/mol. The van der Waals surface area contributed by atoms with E-state index in [2.05, 4.69) is 25.5 Å². The van der Waals surface area contributed by atoms with Crippen molar-refractivity contribution < 1.29 is 14.4 Å². The Labute approximate surface area is 218 Å². The molecule has 2 heterocycles. The van der Waals surface area contributed by atoms with Crippen molar-refractivity contribution in [3.8, 4) is 0 Å². The van der Waals surface area contributed by atoms with Gasteiger partial charge in [0.05, 0.1) is 11.4 Å². The fraction of sp³-hybridized carbons (Fsp3) is 0.444. The highest BCUT2D eigenvalue weighted by molar-refractivity contribution is 5.96. The van der Waals surface area contributed by atoms with E-state index < -0.39 is 11.9 Å². The van der Waals surface area contributed by atoms with Crippen molar-refractivity contribution in [1.82, 2.24) is 25.1 Å². The maximum Gasteiger partial charge on any atom is 0.271 e. The monoisotopic (exact) mass is 507 g/mol. The number of anilines is 2. The van der Waals surface area contributed by atoms with Gasteiger partial charge in [-0.3, -0.25) is 19.3 Å². The van der Waals surface area contributed by atoms with E-state index in [1.54, 1.807) is 14.0 Å². The molecule has 37 heavy (non-hydrogen) atoms. The zero-order chi connectivity index (χ0) is 26.9. The first kappa shape index (κ1) is 27.8. The number of aromatic nitrogens is 2. The maximum atomic E-state index is 12.6. The van der Waals surface area contributed by atoms with E-state index in [9.17, 15) is 14.4 Å². The Morgan fingerprint density at radius 3 is 2.65 bits per heavy atom. The van der Waals surface area contributed by atoms with Gasteiger partial charge in [-0.15, -0.1) is 0 Å². The molecule has 0 unspecified atom stereocenters. The number of nitrogens with one attached hydrogen (secondary N) is 2. The lowest BCUT2D eigenvalue weighted by Gasteiger charge is -2.29. The van der Waals surface area contributed by atoms with Crippen LogP contribution in [0.15, 0.2) is 36.4 Å². The normalized spacial score (nSPS) is 14.2. The number of hydrogen-bond donors (Lipinski definition) is 3. The highest BCUT2D eigenvalue weighted by atomic mass is 16.2. The molecule has 1 atom stereocenters. The lowest BCUT2D eigenvalue weighted by Crippen LogP contribution is -2.46. The van der Waals surface area contributed by atoms with Crippen molar-refractivity contribution in [2.24, 2.45) is 5.73 Å². The second-order valence-corrected chi connectivity index (χ2v) is 9.22. The average molecular weight is 508 g/mol. The third-order valence-corrected chi connectivity index (χ3v) is 6.52. The molecule has 4 N–H and O–H groups in total. The Morgan fingerprint density at radius 2 is 2.00 bits per heavy atom. The van der Waals surface area contributed by atoms with E-state index in [1.165, 1.54) is 17.4 Å². The zero-order valence-electron chi connectivity index (χ0n) is 22.1. The van der Waals surface area contributed by atoms with E-state index in [-0.39, 0.29) is 17.5 Å². The van der Waals surface area contributed by atoms with Crippen molar-refractivity contribution in [3.05, 3.63) is 59.1 Å². The van der Waals surface area contributed by atoms with Crippen LogP contribution >= 0.6 is 0 Å². The minimum Gasteiger partial charge on any atom is -0.364 e. The number of nitrogens with two attached hydrogens (primary N) is 1. The van der Waals surface area contributed by atoms with E-state index in [0.717, 1.165) is 42.3 Å². The number of aryl methyl sites for hydroxylation is 2. The van der Waals surface area contributed by atoms with Gasteiger partial charge in [0.2, 0.25) is 11.8 Å². The molecule has 10 nitrogen and oxygen atoms in total. The predicted octanol–water partition coefficient (Wildman–Crippen LogP) is 1.96. The van der Waals surface area contributed by atoms with E-state index in [1.807, 2.05) is 44.2 Å².